The van der Waals surface area contributed by atoms with Crippen LogP contribution in [0.2, 0.25) is 5.02 Å². The first kappa shape index (κ1) is 24.4. The Bertz CT molecular complexity index is 1270. The van der Waals surface area contributed by atoms with Crippen LogP contribution in [0.25, 0.3) is 5.76 Å². The van der Waals surface area contributed by atoms with Crippen LogP contribution in [-0.4, -0.2) is 42.0 Å². The largest absolute Gasteiger partial charge is 0.507 e. The van der Waals surface area contributed by atoms with Crippen molar-refractivity contribution in [3.05, 3.63) is 106 Å². The van der Waals surface area contributed by atoms with Gasteiger partial charge in [-0.25, -0.2) is 4.39 Å². The molecule has 35 heavy (non-hydrogen) atoms. The highest BCUT2D eigenvalue weighted by Crippen LogP contribution is 2.40. The van der Waals surface area contributed by atoms with E-state index in [4.69, 9.17) is 21.1 Å². The summed E-state index contributed by atoms with van der Waals surface area (Å²) in [5.74, 6) is -1.67. The van der Waals surface area contributed by atoms with E-state index in [-0.39, 0.29) is 36.9 Å². The minimum atomic E-state index is -0.849. The number of methoxy groups -OCH3 is 1. The zero-order chi connectivity index (χ0) is 24.9. The highest BCUT2D eigenvalue weighted by atomic mass is 35.5. The Morgan fingerprint density at radius 2 is 1.80 bits per heavy atom. The van der Waals surface area contributed by atoms with Crippen LogP contribution in [0, 0.1) is 5.82 Å². The second-order valence-electron chi connectivity index (χ2n) is 7.98. The van der Waals surface area contributed by atoms with Crippen molar-refractivity contribution in [3.8, 4) is 5.75 Å². The van der Waals surface area contributed by atoms with Gasteiger partial charge in [0, 0.05) is 24.2 Å². The van der Waals surface area contributed by atoms with Crippen LogP contribution in [0.4, 0.5) is 4.39 Å². The van der Waals surface area contributed by atoms with Crippen LogP contribution < -0.4 is 4.74 Å². The van der Waals surface area contributed by atoms with E-state index < -0.39 is 17.7 Å². The third-order valence-corrected chi connectivity index (χ3v) is 5.90. The van der Waals surface area contributed by atoms with E-state index in [1.165, 1.54) is 30.2 Å². The number of ketones is 1. The van der Waals surface area contributed by atoms with Crippen molar-refractivity contribution in [1.29, 1.82) is 0 Å². The maximum absolute atomic E-state index is 13.2. The molecule has 4 rings (SSSR count). The van der Waals surface area contributed by atoms with Crippen LogP contribution in [-0.2, 0) is 20.9 Å². The van der Waals surface area contributed by atoms with Crippen molar-refractivity contribution < 1.29 is 28.6 Å². The van der Waals surface area contributed by atoms with E-state index >= 15 is 0 Å². The van der Waals surface area contributed by atoms with Gasteiger partial charge in [0.25, 0.3) is 11.7 Å². The monoisotopic (exact) mass is 495 g/mol. The van der Waals surface area contributed by atoms with E-state index in [1.807, 2.05) is 0 Å². The topological polar surface area (TPSA) is 76.1 Å². The van der Waals surface area contributed by atoms with Gasteiger partial charge in [0.15, 0.2) is 0 Å². The van der Waals surface area contributed by atoms with E-state index in [0.29, 0.717) is 21.9 Å². The molecular formula is C27H23ClFNO5. The minimum absolute atomic E-state index is 0.0379. The van der Waals surface area contributed by atoms with E-state index in [2.05, 4.69) is 0 Å². The Labute approximate surface area is 207 Å². The highest BCUT2D eigenvalue weighted by Gasteiger charge is 2.46. The van der Waals surface area contributed by atoms with Gasteiger partial charge >= 0.3 is 0 Å². The van der Waals surface area contributed by atoms with Gasteiger partial charge < -0.3 is 19.5 Å². The average Bonchev–Trinajstić information content (AvgIpc) is 3.11. The fraction of sp³-hybridized carbons (Fsp3) is 0.185. The molecule has 1 unspecified atom stereocenters. The summed E-state index contributed by atoms with van der Waals surface area (Å²) in [7, 11) is 1.50. The van der Waals surface area contributed by atoms with Gasteiger partial charge in [0.05, 0.1) is 18.2 Å². The number of aliphatic hydroxyl groups is 1. The summed E-state index contributed by atoms with van der Waals surface area (Å²) >= 11 is 6.08. The highest BCUT2D eigenvalue weighted by molar-refractivity contribution is 6.46. The van der Waals surface area contributed by atoms with Gasteiger partial charge in [-0.1, -0.05) is 48.0 Å². The molecule has 0 saturated carbocycles. The van der Waals surface area contributed by atoms with Crippen molar-refractivity contribution in [2.75, 3.05) is 20.3 Å². The molecule has 1 saturated heterocycles. The molecule has 3 aromatic carbocycles. The molecule has 1 N–H and O–H groups in total. The first-order valence-electron chi connectivity index (χ1n) is 10.9. The Morgan fingerprint density at radius 1 is 1.06 bits per heavy atom. The molecule has 0 spiro atoms. The Kier molecular flexibility index (Phi) is 7.48. The summed E-state index contributed by atoms with van der Waals surface area (Å²) in [5, 5.41) is 11.5. The fourth-order valence-corrected chi connectivity index (χ4v) is 4.15. The molecule has 0 aliphatic carbocycles. The molecule has 180 valence electrons. The number of rotatable bonds is 8. The van der Waals surface area contributed by atoms with Crippen molar-refractivity contribution in [3.63, 3.8) is 0 Å². The zero-order valence-corrected chi connectivity index (χ0v) is 19.7. The third-order valence-electron chi connectivity index (χ3n) is 5.67. The normalized spacial score (nSPS) is 17.1. The maximum Gasteiger partial charge on any atom is 0.295 e. The quantitative estimate of drug-likeness (QED) is 0.266. The minimum Gasteiger partial charge on any atom is -0.507 e. The molecule has 3 aromatic rings. The summed E-state index contributed by atoms with van der Waals surface area (Å²) < 4.78 is 24.2. The van der Waals surface area contributed by atoms with Crippen molar-refractivity contribution >= 4 is 29.1 Å². The molecule has 1 atom stereocenters. The number of likely N-dealkylation sites (tertiary alicyclic amines) is 1. The lowest BCUT2D eigenvalue weighted by atomic mass is 9.95. The molecule has 1 fully saturated rings. The first-order chi connectivity index (χ1) is 16.9. The molecule has 1 amide bonds. The van der Waals surface area contributed by atoms with Crippen molar-refractivity contribution in [1.82, 2.24) is 4.90 Å². The Balaban J connectivity index is 1.72. The van der Waals surface area contributed by atoms with E-state index in [1.54, 1.807) is 54.6 Å². The van der Waals surface area contributed by atoms with Crippen molar-refractivity contribution in [2.24, 2.45) is 0 Å². The lowest BCUT2D eigenvalue weighted by Gasteiger charge is -2.25. The van der Waals surface area contributed by atoms with Gasteiger partial charge in [0.1, 0.15) is 23.9 Å². The van der Waals surface area contributed by atoms with E-state index in [0.717, 1.165) is 5.56 Å². The van der Waals surface area contributed by atoms with Crippen LogP contribution in [0.1, 0.15) is 22.7 Å². The van der Waals surface area contributed by atoms with Crippen LogP contribution in [0.5, 0.6) is 5.75 Å². The second-order valence-corrected chi connectivity index (χ2v) is 8.42. The number of ether oxygens (including phenoxy) is 2. The van der Waals surface area contributed by atoms with Crippen LogP contribution >= 0.6 is 11.6 Å². The summed E-state index contributed by atoms with van der Waals surface area (Å²) in [6.45, 7) is 0.566. The van der Waals surface area contributed by atoms with Gasteiger partial charge in [-0.3, -0.25) is 9.59 Å². The molecule has 0 aromatic heterocycles. The zero-order valence-electron chi connectivity index (χ0n) is 18.9. The third kappa shape index (κ3) is 5.37. The number of hydrogen-bond acceptors (Lipinski definition) is 5. The molecule has 0 bridgehead atoms. The standard InChI is InChI=1S/C27H23ClFNO5/c1-34-13-12-30-24(23(26(32)27(30)33)25(31)19-5-2-6-20(28)14-19)18-4-3-7-22(15-18)35-16-17-8-10-21(29)11-9-17/h2-11,14-15,24,31H,12-13,16H2,1H3/b25-23-. The number of aliphatic hydroxyl groups excluding tert-OH is 1. The predicted molar refractivity (Wildman–Crippen MR) is 130 cm³/mol. The average molecular weight is 496 g/mol. The number of carbonyl (C=O) groups is 2. The predicted octanol–water partition coefficient (Wildman–Crippen LogP) is 5.13. The van der Waals surface area contributed by atoms with Gasteiger partial charge in [-0.2, -0.15) is 0 Å². The lowest BCUT2D eigenvalue weighted by molar-refractivity contribution is -0.140. The lowest BCUT2D eigenvalue weighted by Crippen LogP contribution is -2.32. The summed E-state index contributed by atoms with van der Waals surface area (Å²) in [5.41, 5.74) is 1.66. The number of nitrogens with zero attached hydrogens (tertiary/aromatic N) is 1. The van der Waals surface area contributed by atoms with Crippen LogP contribution in [0.3, 0.4) is 0 Å². The van der Waals surface area contributed by atoms with Gasteiger partial charge in [0.2, 0.25) is 0 Å². The maximum atomic E-state index is 13.2. The fourth-order valence-electron chi connectivity index (χ4n) is 3.96. The Morgan fingerprint density at radius 3 is 2.51 bits per heavy atom. The summed E-state index contributed by atoms with van der Waals surface area (Å²) in [6, 6.07) is 18.5. The smallest absolute Gasteiger partial charge is 0.295 e. The molecule has 6 nitrogen and oxygen atoms in total. The first-order valence-corrected chi connectivity index (χ1v) is 11.3. The Hall–Kier alpha value is -3.68. The summed E-state index contributed by atoms with van der Waals surface area (Å²) in [6.07, 6.45) is 0. The SMILES string of the molecule is COCCN1C(=O)C(=O)/C(=C(\O)c2cccc(Cl)c2)C1c1cccc(OCc2ccc(F)cc2)c1. The van der Waals surface area contributed by atoms with Crippen molar-refractivity contribution in [2.45, 2.75) is 12.6 Å². The van der Waals surface area contributed by atoms with Gasteiger partial charge in [-0.15, -0.1) is 0 Å². The number of hydrogen-bond donors (Lipinski definition) is 1. The number of amides is 1. The molecular weight excluding hydrogens is 473 g/mol. The number of carbonyl (C=O) groups excluding carboxylic acids is 2. The molecule has 8 heteroatoms. The molecule has 1 aliphatic rings. The number of benzene rings is 3. The number of Topliss-reactive ketones (excluding diaryl/α,β-unsaturated/α-hetero) is 1. The summed E-state index contributed by atoms with van der Waals surface area (Å²) in [4.78, 5) is 27.3. The van der Waals surface area contributed by atoms with Gasteiger partial charge in [-0.05, 0) is 47.5 Å². The molecule has 1 heterocycles. The molecule has 0 radical (unpaired) electrons. The number of halogens is 2. The molecule has 1 aliphatic heterocycles. The second kappa shape index (κ2) is 10.7. The van der Waals surface area contributed by atoms with E-state index in [9.17, 15) is 19.1 Å². The van der Waals surface area contributed by atoms with Crippen LogP contribution in [0.15, 0.2) is 78.4 Å².